The lowest BCUT2D eigenvalue weighted by atomic mass is 9.84. The summed E-state index contributed by atoms with van der Waals surface area (Å²) in [6, 6.07) is 9.91. The minimum absolute atomic E-state index is 0.195. The van der Waals surface area contributed by atoms with Crippen molar-refractivity contribution in [3.8, 4) is 5.75 Å². The molecule has 1 aromatic rings. The van der Waals surface area contributed by atoms with Crippen LogP contribution < -0.4 is 10.1 Å². The minimum atomic E-state index is 0.195. The Kier molecular flexibility index (Phi) is 6.31. The molecule has 5 nitrogen and oxygen atoms in total. The standard InChI is InChI=1S/C20H28N2O3/c23-19(10-5-15-25-18-8-2-1-3-9-18)22-13-11-17(12-14-22)21-20(24)16-6-4-7-16/h1-3,8-9,16-17H,4-7,10-15H2,(H,21,24). The number of amides is 2. The number of hydrogen-bond acceptors (Lipinski definition) is 3. The summed E-state index contributed by atoms with van der Waals surface area (Å²) in [5.41, 5.74) is 0. The molecule has 3 rings (SSSR count). The number of benzene rings is 1. The Morgan fingerprint density at radius 1 is 1.08 bits per heavy atom. The highest BCUT2D eigenvalue weighted by Crippen LogP contribution is 2.26. The second-order valence-corrected chi connectivity index (χ2v) is 7.06. The average Bonchev–Trinajstić information content (AvgIpc) is 2.58. The molecular formula is C20H28N2O3. The molecule has 1 saturated heterocycles. The molecule has 2 amide bonds. The van der Waals surface area contributed by atoms with Gasteiger partial charge in [0.05, 0.1) is 6.61 Å². The topological polar surface area (TPSA) is 58.6 Å². The SMILES string of the molecule is O=C(NC1CCN(C(=O)CCCOc2ccccc2)CC1)C1CCC1. The van der Waals surface area contributed by atoms with Crippen LogP contribution in [0.5, 0.6) is 5.75 Å². The molecular weight excluding hydrogens is 316 g/mol. The fourth-order valence-corrected chi connectivity index (χ4v) is 3.35. The first kappa shape index (κ1) is 17.8. The van der Waals surface area contributed by atoms with E-state index in [-0.39, 0.29) is 23.8 Å². The van der Waals surface area contributed by atoms with Gasteiger partial charge < -0.3 is 15.0 Å². The van der Waals surface area contributed by atoms with Crippen LogP contribution in [-0.2, 0) is 9.59 Å². The lowest BCUT2D eigenvalue weighted by molar-refractivity contribution is -0.133. The van der Waals surface area contributed by atoms with Crippen LogP contribution in [-0.4, -0.2) is 42.5 Å². The number of likely N-dealkylation sites (tertiary alicyclic amines) is 1. The van der Waals surface area contributed by atoms with E-state index in [9.17, 15) is 9.59 Å². The molecule has 1 aliphatic heterocycles. The van der Waals surface area contributed by atoms with Gasteiger partial charge in [0, 0.05) is 31.5 Å². The number of carbonyl (C=O) groups is 2. The quantitative estimate of drug-likeness (QED) is 0.774. The first-order chi connectivity index (χ1) is 12.2. The molecule has 1 aromatic carbocycles. The summed E-state index contributed by atoms with van der Waals surface area (Å²) < 4.78 is 5.62. The predicted octanol–water partition coefficient (Wildman–Crippen LogP) is 2.75. The highest BCUT2D eigenvalue weighted by atomic mass is 16.5. The zero-order valence-electron chi connectivity index (χ0n) is 14.8. The molecule has 2 fully saturated rings. The fourth-order valence-electron chi connectivity index (χ4n) is 3.35. The molecule has 1 heterocycles. The molecule has 1 saturated carbocycles. The van der Waals surface area contributed by atoms with Gasteiger partial charge in [-0.15, -0.1) is 0 Å². The zero-order chi connectivity index (χ0) is 17.5. The van der Waals surface area contributed by atoms with Gasteiger partial charge in [0.15, 0.2) is 0 Å². The van der Waals surface area contributed by atoms with E-state index in [4.69, 9.17) is 4.74 Å². The van der Waals surface area contributed by atoms with Crippen molar-refractivity contribution in [3.63, 3.8) is 0 Å². The van der Waals surface area contributed by atoms with Crippen molar-refractivity contribution in [2.24, 2.45) is 5.92 Å². The average molecular weight is 344 g/mol. The van der Waals surface area contributed by atoms with Gasteiger partial charge in [-0.05, 0) is 44.2 Å². The van der Waals surface area contributed by atoms with Crippen LogP contribution in [0.2, 0.25) is 0 Å². The van der Waals surface area contributed by atoms with Crippen molar-refractivity contribution in [2.45, 2.75) is 51.0 Å². The Bertz CT molecular complexity index is 564. The van der Waals surface area contributed by atoms with Crippen molar-refractivity contribution in [1.82, 2.24) is 10.2 Å². The van der Waals surface area contributed by atoms with E-state index in [1.165, 1.54) is 6.42 Å². The normalized spacial score (nSPS) is 18.5. The van der Waals surface area contributed by atoms with E-state index in [0.717, 1.165) is 50.9 Å². The van der Waals surface area contributed by atoms with Crippen LogP contribution in [0.1, 0.15) is 44.9 Å². The van der Waals surface area contributed by atoms with Crippen molar-refractivity contribution >= 4 is 11.8 Å². The van der Waals surface area contributed by atoms with Gasteiger partial charge in [0.25, 0.3) is 0 Å². The van der Waals surface area contributed by atoms with Crippen molar-refractivity contribution < 1.29 is 14.3 Å². The van der Waals surface area contributed by atoms with Crippen LogP contribution in [0.25, 0.3) is 0 Å². The molecule has 1 N–H and O–H groups in total. The summed E-state index contributed by atoms with van der Waals surface area (Å²) in [7, 11) is 0. The molecule has 25 heavy (non-hydrogen) atoms. The molecule has 0 radical (unpaired) electrons. The number of piperidine rings is 1. The van der Waals surface area contributed by atoms with Crippen molar-refractivity contribution in [3.05, 3.63) is 30.3 Å². The van der Waals surface area contributed by atoms with Crippen LogP contribution in [0.4, 0.5) is 0 Å². The smallest absolute Gasteiger partial charge is 0.223 e. The predicted molar refractivity (Wildman–Crippen MR) is 96.3 cm³/mol. The number of nitrogens with zero attached hydrogens (tertiary/aromatic N) is 1. The van der Waals surface area contributed by atoms with E-state index in [0.29, 0.717) is 13.0 Å². The third kappa shape index (κ3) is 5.21. The Morgan fingerprint density at radius 2 is 1.80 bits per heavy atom. The van der Waals surface area contributed by atoms with Crippen LogP contribution >= 0.6 is 0 Å². The zero-order valence-corrected chi connectivity index (χ0v) is 14.8. The molecule has 1 aliphatic carbocycles. The van der Waals surface area contributed by atoms with Gasteiger partial charge in [0.2, 0.25) is 11.8 Å². The number of ether oxygens (including phenoxy) is 1. The lowest BCUT2D eigenvalue weighted by Crippen LogP contribution is -2.48. The molecule has 0 atom stereocenters. The molecule has 2 aliphatic rings. The van der Waals surface area contributed by atoms with E-state index < -0.39 is 0 Å². The summed E-state index contributed by atoms with van der Waals surface area (Å²) in [5, 5.41) is 3.15. The first-order valence-electron chi connectivity index (χ1n) is 9.48. The summed E-state index contributed by atoms with van der Waals surface area (Å²) in [4.78, 5) is 26.2. The number of carbonyl (C=O) groups excluding carboxylic acids is 2. The molecule has 0 aromatic heterocycles. The second kappa shape index (κ2) is 8.88. The van der Waals surface area contributed by atoms with Gasteiger partial charge >= 0.3 is 0 Å². The van der Waals surface area contributed by atoms with E-state index >= 15 is 0 Å². The lowest BCUT2D eigenvalue weighted by Gasteiger charge is -2.34. The summed E-state index contributed by atoms with van der Waals surface area (Å²) in [6.07, 6.45) is 6.23. The Balaban J connectivity index is 1.29. The van der Waals surface area contributed by atoms with Crippen molar-refractivity contribution in [2.75, 3.05) is 19.7 Å². The maximum Gasteiger partial charge on any atom is 0.223 e. The Morgan fingerprint density at radius 3 is 2.44 bits per heavy atom. The maximum absolute atomic E-state index is 12.3. The van der Waals surface area contributed by atoms with E-state index in [2.05, 4.69) is 5.32 Å². The molecule has 0 bridgehead atoms. The van der Waals surface area contributed by atoms with Crippen LogP contribution in [0, 0.1) is 5.92 Å². The van der Waals surface area contributed by atoms with Crippen LogP contribution in [0.15, 0.2) is 30.3 Å². The van der Waals surface area contributed by atoms with Gasteiger partial charge in [-0.1, -0.05) is 24.6 Å². The van der Waals surface area contributed by atoms with Gasteiger partial charge in [0.1, 0.15) is 5.75 Å². The maximum atomic E-state index is 12.3. The minimum Gasteiger partial charge on any atom is -0.494 e. The third-order valence-corrected chi connectivity index (χ3v) is 5.22. The van der Waals surface area contributed by atoms with Gasteiger partial charge in [-0.3, -0.25) is 9.59 Å². The highest BCUT2D eigenvalue weighted by molar-refractivity contribution is 5.80. The Labute approximate surface area is 149 Å². The third-order valence-electron chi connectivity index (χ3n) is 5.22. The molecule has 5 heteroatoms. The fraction of sp³-hybridized carbons (Fsp3) is 0.600. The van der Waals surface area contributed by atoms with Crippen molar-refractivity contribution in [1.29, 1.82) is 0 Å². The van der Waals surface area contributed by atoms with E-state index in [1.54, 1.807) is 0 Å². The highest BCUT2D eigenvalue weighted by Gasteiger charge is 2.29. The first-order valence-corrected chi connectivity index (χ1v) is 9.48. The number of rotatable bonds is 7. The number of para-hydroxylation sites is 1. The molecule has 0 unspecified atom stereocenters. The molecule has 0 spiro atoms. The summed E-state index contributed by atoms with van der Waals surface area (Å²) >= 11 is 0. The van der Waals surface area contributed by atoms with Gasteiger partial charge in [-0.2, -0.15) is 0 Å². The summed E-state index contributed by atoms with van der Waals surface area (Å²) in [6.45, 7) is 2.05. The number of nitrogens with one attached hydrogen (secondary N) is 1. The van der Waals surface area contributed by atoms with E-state index in [1.807, 2.05) is 35.2 Å². The number of hydrogen-bond donors (Lipinski definition) is 1. The second-order valence-electron chi connectivity index (χ2n) is 7.06. The largest absolute Gasteiger partial charge is 0.494 e. The Hall–Kier alpha value is -2.04. The molecule has 136 valence electrons. The van der Waals surface area contributed by atoms with Gasteiger partial charge in [-0.25, -0.2) is 0 Å². The monoisotopic (exact) mass is 344 g/mol. The summed E-state index contributed by atoms with van der Waals surface area (Å²) in [5.74, 6) is 1.50. The van der Waals surface area contributed by atoms with Crippen LogP contribution in [0.3, 0.4) is 0 Å².